The monoisotopic (exact) mass is 417 g/mol. The van der Waals surface area contributed by atoms with Crippen molar-refractivity contribution in [3.05, 3.63) is 45.8 Å². The molecule has 1 heterocycles. The Hall–Kier alpha value is -2.55. The first-order valence-electron chi connectivity index (χ1n) is 8.31. The van der Waals surface area contributed by atoms with Gasteiger partial charge in [-0.3, -0.25) is 9.59 Å². The molecule has 0 aliphatic heterocycles. The molecule has 2 rings (SSSR count). The number of amides is 2. The van der Waals surface area contributed by atoms with Crippen LogP contribution in [0.15, 0.2) is 22.7 Å². The highest BCUT2D eigenvalue weighted by atomic mass is 35.5. The van der Waals surface area contributed by atoms with Gasteiger partial charge in [0, 0.05) is 24.7 Å². The largest absolute Gasteiger partial charge is 0.417 e. The van der Waals surface area contributed by atoms with Gasteiger partial charge < -0.3 is 14.7 Å². The topological polar surface area (TPSA) is 75.4 Å². The average molecular weight is 418 g/mol. The zero-order valence-electron chi connectivity index (χ0n) is 15.5. The number of benzene rings is 1. The van der Waals surface area contributed by atoms with Crippen molar-refractivity contribution in [3.8, 4) is 0 Å². The van der Waals surface area contributed by atoms with E-state index in [1.54, 1.807) is 13.8 Å². The number of hydrogen-bond donors (Lipinski definition) is 1. The quantitative estimate of drug-likeness (QED) is 0.771. The first-order valence-corrected chi connectivity index (χ1v) is 8.69. The molecule has 6 nitrogen and oxygen atoms in total. The highest BCUT2D eigenvalue weighted by Gasteiger charge is 2.33. The Morgan fingerprint density at radius 2 is 1.96 bits per heavy atom. The lowest BCUT2D eigenvalue weighted by Crippen LogP contribution is -2.35. The van der Waals surface area contributed by atoms with Crippen LogP contribution in [-0.2, 0) is 22.2 Å². The van der Waals surface area contributed by atoms with Gasteiger partial charge in [0.15, 0.2) is 0 Å². The smallest absolute Gasteiger partial charge is 0.361 e. The number of nitrogens with zero attached hydrogens (tertiary/aromatic N) is 2. The van der Waals surface area contributed by atoms with E-state index in [0.29, 0.717) is 17.9 Å². The molecule has 0 unspecified atom stereocenters. The van der Waals surface area contributed by atoms with Crippen molar-refractivity contribution in [2.24, 2.45) is 0 Å². The molecule has 1 N–H and O–H groups in total. The molecular weight excluding hydrogens is 399 g/mol. The third kappa shape index (κ3) is 5.48. The fourth-order valence-corrected chi connectivity index (χ4v) is 2.83. The lowest BCUT2D eigenvalue weighted by atomic mass is 10.1. The Labute approximate surface area is 164 Å². The molecule has 1 aromatic carbocycles. The van der Waals surface area contributed by atoms with Crippen LogP contribution in [0.2, 0.25) is 5.02 Å². The van der Waals surface area contributed by atoms with Crippen LogP contribution in [-0.4, -0.2) is 35.5 Å². The van der Waals surface area contributed by atoms with Crippen LogP contribution in [0.25, 0.3) is 0 Å². The molecule has 0 saturated heterocycles. The van der Waals surface area contributed by atoms with Crippen LogP contribution >= 0.6 is 11.6 Å². The van der Waals surface area contributed by atoms with Gasteiger partial charge in [0.2, 0.25) is 11.8 Å². The van der Waals surface area contributed by atoms with E-state index < -0.39 is 22.7 Å². The number of hydrogen-bond acceptors (Lipinski definition) is 4. The van der Waals surface area contributed by atoms with E-state index in [4.69, 9.17) is 16.1 Å². The Morgan fingerprint density at radius 1 is 1.29 bits per heavy atom. The fourth-order valence-electron chi connectivity index (χ4n) is 2.61. The van der Waals surface area contributed by atoms with Gasteiger partial charge in [-0.25, -0.2) is 0 Å². The molecule has 0 aliphatic rings. The molecule has 28 heavy (non-hydrogen) atoms. The standard InChI is InChI=1S/C18H19ClF3N3O3/c1-10-13(11(2)28-24-10)5-7-17(27)25(3)9-16(26)23-12-4-6-15(19)14(8-12)18(20,21)22/h4,6,8H,5,7,9H2,1-3H3,(H,23,26). The van der Waals surface area contributed by atoms with Gasteiger partial charge in [0.25, 0.3) is 0 Å². The number of alkyl halides is 3. The summed E-state index contributed by atoms with van der Waals surface area (Å²) in [5, 5.41) is 5.69. The average Bonchev–Trinajstić information content (AvgIpc) is 2.91. The maximum Gasteiger partial charge on any atom is 0.417 e. The van der Waals surface area contributed by atoms with E-state index in [0.717, 1.165) is 17.7 Å². The van der Waals surface area contributed by atoms with Crippen molar-refractivity contribution in [1.82, 2.24) is 10.1 Å². The number of anilines is 1. The Balaban J connectivity index is 1.92. The minimum Gasteiger partial charge on any atom is -0.361 e. The van der Waals surface area contributed by atoms with Crippen molar-refractivity contribution in [3.63, 3.8) is 0 Å². The maximum absolute atomic E-state index is 12.9. The summed E-state index contributed by atoms with van der Waals surface area (Å²) in [7, 11) is 1.44. The van der Waals surface area contributed by atoms with Crippen LogP contribution in [0, 0.1) is 13.8 Å². The number of aromatic nitrogens is 1. The fraction of sp³-hybridized carbons (Fsp3) is 0.389. The van der Waals surface area contributed by atoms with E-state index in [9.17, 15) is 22.8 Å². The maximum atomic E-state index is 12.9. The number of likely N-dealkylation sites (N-methyl/N-ethyl adjacent to an activating group) is 1. The van der Waals surface area contributed by atoms with E-state index >= 15 is 0 Å². The molecular formula is C18H19ClF3N3O3. The molecule has 10 heteroatoms. The normalized spacial score (nSPS) is 11.4. The first kappa shape index (κ1) is 21.7. The summed E-state index contributed by atoms with van der Waals surface area (Å²) in [6, 6.07) is 3.06. The second kappa shape index (κ2) is 8.64. The second-order valence-corrected chi connectivity index (χ2v) is 6.70. The minimum absolute atomic E-state index is 0.0571. The predicted octanol–water partition coefficient (Wildman–Crippen LogP) is 3.99. The molecule has 0 radical (unpaired) electrons. The van der Waals surface area contributed by atoms with Crippen LogP contribution in [0.4, 0.5) is 18.9 Å². The van der Waals surface area contributed by atoms with Gasteiger partial charge in [0.1, 0.15) is 5.76 Å². The second-order valence-electron chi connectivity index (χ2n) is 6.29. The first-order chi connectivity index (χ1) is 13.0. The molecule has 0 aliphatic carbocycles. The third-order valence-electron chi connectivity index (χ3n) is 4.13. The summed E-state index contributed by atoms with van der Waals surface area (Å²) in [6.45, 7) is 3.22. The number of rotatable bonds is 6. The van der Waals surface area contributed by atoms with Crippen LogP contribution in [0.3, 0.4) is 0 Å². The van der Waals surface area contributed by atoms with Gasteiger partial charge in [-0.05, 0) is 38.5 Å². The van der Waals surface area contributed by atoms with E-state index in [2.05, 4.69) is 10.5 Å². The highest BCUT2D eigenvalue weighted by molar-refractivity contribution is 6.31. The summed E-state index contributed by atoms with van der Waals surface area (Å²) in [6.07, 6.45) is -4.08. The number of halogens is 4. The lowest BCUT2D eigenvalue weighted by molar-refractivity contribution is -0.137. The van der Waals surface area contributed by atoms with Gasteiger partial charge in [0.05, 0.1) is 22.8 Å². The number of carbonyl (C=O) groups is 2. The van der Waals surface area contributed by atoms with Crippen LogP contribution < -0.4 is 5.32 Å². The molecule has 0 saturated carbocycles. The molecule has 0 bridgehead atoms. The van der Waals surface area contributed by atoms with Gasteiger partial charge in [-0.1, -0.05) is 16.8 Å². The number of aryl methyl sites for hydroxylation is 2. The molecule has 2 aromatic rings. The van der Waals surface area contributed by atoms with E-state index in [-0.39, 0.29) is 24.6 Å². The van der Waals surface area contributed by atoms with Gasteiger partial charge in [-0.15, -0.1) is 0 Å². The summed E-state index contributed by atoms with van der Waals surface area (Å²) >= 11 is 5.55. The zero-order valence-corrected chi connectivity index (χ0v) is 16.2. The van der Waals surface area contributed by atoms with Crippen molar-refractivity contribution in [2.45, 2.75) is 32.9 Å². The molecule has 2 amide bonds. The Kier molecular flexibility index (Phi) is 6.71. The molecule has 1 aromatic heterocycles. The molecule has 0 spiro atoms. The molecule has 152 valence electrons. The van der Waals surface area contributed by atoms with Crippen molar-refractivity contribution in [2.75, 3.05) is 18.9 Å². The summed E-state index contributed by atoms with van der Waals surface area (Å²) in [4.78, 5) is 25.5. The molecule has 0 atom stereocenters. The summed E-state index contributed by atoms with van der Waals surface area (Å²) in [5.41, 5.74) is 0.440. The van der Waals surface area contributed by atoms with Gasteiger partial charge >= 0.3 is 6.18 Å². The third-order valence-corrected chi connectivity index (χ3v) is 4.46. The molecule has 0 fully saturated rings. The Bertz CT molecular complexity index is 861. The summed E-state index contributed by atoms with van der Waals surface area (Å²) in [5.74, 6) is -0.278. The van der Waals surface area contributed by atoms with Crippen LogP contribution in [0.1, 0.15) is 29.0 Å². The number of nitrogens with one attached hydrogen (secondary N) is 1. The van der Waals surface area contributed by atoms with Crippen LogP contribution in [0.5, 0.6) is 0 Å². The Morgan fingerprint density at radius 3 is 2.54 bits per heavy atom. The lowest BCUT2D eigenvalue weighted by Gasteiger charge is -2.17. The SMILES string of the molecule is Cc1noc(C)c1CCC(=O)N(C)CC(=O)Nc1ccc(Cl)c(C(F)(F)F)c1. The van der Waals surface area contributed by atoms with Crippen molar-refractivity contribution >= 4 is 29.1 Å². The number of carbonyl (C=O) groups excluding carboxylic acids is 2. The van der Waals surface area contributed by atoms with Crippen molar-refractivity contribution < 1.29 is 27.3 Å². The van der Waals surface area contributed by atoms with E-state index in [1.807, 2.05) is 0 Å². The predicted molar refractivity (Wildman–Crippen MR) is 97.0 cm³/mol. The van der Waals surface area contributed by atoms with Gasteiger partial charge in [-0.2, -0.15) is 13.2 Å². The van der Waals surface area contributed by atoms with Crippen molar-refractivity contribution in [1.29, 1.82) is 0 Å². The van der Waals surface area contributed by atoms with E-state index in [1.165, 1.54) is 18.0 Å². The zero-order chi connectivity index (χ0) is 21.1. The minimum atomic E-state index is -4.64. The summed E-state index contributed by atoms with van der Waals surface area (Å²) < 4.78 is 43.7. The highest BCUT2D eigenvalue weighted by Crippen LogP contribution is 2.36.